The largest absolute Gasteiger partial charge is 0.483 e. The number of benzene rings is 2. The number of sulfonamides is 1. The number of likely N-dealkylation sites (N-methyl/N-ethyl adjacent to an activating group) is 1. The van der Waals surface area contributed by atoms with Crippen LogP contribution in [0.25, 0.3) is 0 Å². The molecule has 0 fully saturated rings. The number of ether oxygens (including phenoxy) is 1. The summed E-state index contributed by atoms with van der Waals surface area (Å²) in [6.45, 7) is 7.27. The number of para-hydroxylation sites is 1. The number of hydrogen-bond acceptors (Lipinski definition) is 4. The Bertz CT molecular complexity index is 968. The maximum absolute atomic E-state index is 13.1. The van der Waals surface area contributed by atoms with Gasteiger partial charge in [0.05, 0.1) is 10.6 Å². The van der Waals surface area contributed by atoms with Gasteiger partial charge in [-0.25, -0.2) is 8.42 Å². The van der Waals surface area contributed by atoms with E-state index in [1.807, 2.05) is 38.1 Å². The zero-order valence-corrected chi connectivity index (χ0v) is 17.3. The number of hydrogen-bond donors (Lipinski definition) is 0. The van der Waals surface area contributed by atoms with Crippen LogP contribution in [0.3, 0.4) is 0 Å². The van der Waals surface area contributed by atoms with Crippen LogP contribution >= 0.6 is 0 Å². The van der Waals surface area contributed by atoms with Gasteiger partial charge in [-0.1, -0.05) is 18.2 Å². The molecule has 3 rings (SSSR count). The van der Waals surface area contributed by atoms with E-state index in [0.29, 0.717) is 37.4 Å². The molecule has 28 heavy (non-hydrogen) atoms. The summed E-state index contributed by atoms with van der Waals surface area (Å²) in [5.74, 6) is 0.427. The first-order chi connectivity index (χ1) is 13.4. The molecule has 2 aromatic carbocycles. The van der Waals surface area contributed by atoms with Gasteiger partial charge in [-0.05, 0) is 62.6 Å². The molecule has 150 valence electrons. The van der Waals surface area contributed by atoms with Crippen LogP contribution in [-0.4, -0.2) is 45.5 Å². The number of amides is 1. The molecule has 0 saturated heterocycles. The molecule has 0 aromatic heterocycles. The summed E-state index contributed by atoms with van der Waals surface area (Å²) in [6.07, 6.45) is 0.711. The number of carbonyl (C=O) groups excluding carboxylic acids is 1. The molecule has 0 unspecified atom stereocenters. The van der Waals surface area contributed by atoms with Gasteiger partial charge in [0.1, 0.15) is 5.75 Å². The van der Waals surface area contributed by atoms with Crippen molar-refractivity contribution < 1.29 is 17.9 Å². The predicted molar refractivity (Wildman–Crippen MR) is 109 cm³/mol. The molecule has 0 N–H and O–H groups in total. The van der Waals surface area contributed by atoms with Crippen molar-refractivity contribution >= 4 is 21.6 Å². The highest BCUT2D eigenvalue weighted by Gasteiger charge is 2.30. The first-order valence-electron chi connectivity index (χ1n) is 9.50. The second-order valence-corrected chi connectivity index (χ2v) is 8.60. The van der Waals surface area contributed by atoms with Crippen LogP contribution in [0.15, 0.2) is 47.4 Å². The second-order valence-electron chi connectivity index (χ2n) is 6.74. The molecule has 6 nitrogen and oxygen atoms in total. The third kappa shape index (κ3) is 3.85. The Labute approximate surface area is 166 Å². The third-order valence-electron chi connectivity index (χ3n) is 5.05. The Morgan fingerprint density at radius 2 is 1.86 bits per heavy atom. The molecule has 0 saturated carbocycles. The molecule has 0 aliphatic carbocycles. The molecule has 0 spiro atoms. The smallest absolute Gasteiger partial charge is 0.264 e. The average molecular weight is 403 g/mol. The lowest BCUT2D eigenvalue weighted by Gasteiger charge is -2.21. The highest BCUT2D eigenvalue weighted by atomic mass is 32.2. The van der Waals surface area contributed by atoms with Crippen molar-refractivity contribution in [2.45, 2.75) is 32.1 Å². The van der Waals surface area contributed by atoms with E-state index < -0.39 is 10.0 Å². The average Bonchev–Trinajstić information content (AvgIpc) is 3.13. The van der Waals surface area contributed by atoms with Gasteiger partial charge in [-0.2, -0.15) is 0 Å². The van der Waals surface area contributed by atoms with E-state index in [2.05, 4.69) is 0 Å². The summed E-state index contributed by atoms with van der Waals surface area (Å²) < 4.78 is 33.3. The SMILES string of the molecule is CCN(CC)C(=O)COc1ccc(S(=O)(=O)N2CCc3ccccc32)cc1C. The fourth-order valence-corrected chi connectivity index (χ4v) is 5.03. The van der Waals surface area contributed by atoms with Crippen molar-refractivity contribution in [1.29, 1.82) is 0 Å². The summed E-state index contributed by atoms with van der Waals surface area (Å²) in [7, 11) is -3.64. The Hall–Kier alpha value is -2.54. The minimum absolute atomic E-state index is 0.0614. The van der Waals surface area contributed by atoms with Crippen LogP contribution in [0, 0.1) is 6.92 Å². The quantitative estimate of drug-likeness (QED) is 0.714. The highest BCUT2D eigenvalue weighted by molar-refractivity contribution is 7.92. The zero-order chi connectivity index (χ0) is 20.3. The fourth-order valence-electron chi connectivity index (χ4n) is 3.44. The number of rotatable bonds is 7. The number of carbonyl (C=O) groups is 1. The van der Waals surface area contributed by atoms with E-state index in [1.165, 1.54) is 4.31 Å². The van der Waals surface area contributed by atoms with Gasteiger partial charge < -0.3 is 9.64 Å². The Balaban J connectivity index is 1.78. The molecule has 1 amide bonds. The molecular formula is C21H26N2O4S. The van der Waals surface area contributed by atoms with Gasteiger partial charge in [0.25, 0.3) is 15.9 Å². The molecule has 1 aliphatic heterocycles. The maximum atomic E-state index is 13.1. The van der Waals surface area contributed by atoms with Crippen molar-refractivity contribution in [1.82, 2.24) is 4.90 Å². The maximum Gasteiger partial charge on any atom is 0.264 e. The summed E-state index contributed by atoms with van der Waals surface area (Å²) >= 11 is 0. The lowest BCUT2D eigenvalue weighted by Crippen LogP contribution is -2.34. The normalized spacial score (nSPS) is 13.3. The van der Waals surface area contributed by atoms with E-state index in [9.17, 15) is 13.2 Å². The van der Waals surface area contributed by atoms with E-state index >= 15 is 0 Å². The minimum atomic E-state index is -3.64. The van der Waals surface area contributed by atoms with E-state index in [-0.39, 0.29) is 17.4 Å². The lowest BCUT2D eigenvalue weighted by molar-refractivity contribution is -0.132. The first kappa shape index (κ1) is 20.2. The van der Waals surface area contributed by atoms with Crippen molar-refractivity contribution in [3.8, 4) is 5.75 Å². The van der Waals surface area contributed by atoms with Gasteiger partial charge >= 0.3 is 0 Å². The molecule has 0 radical (unpaired) electrons. The standard InChI is InChI=1S/C21H26N2O4S/c1-4-22(5-2)21(24)15-27-20-11-10-18(14-16(20)3)28(25,26)23-13-12-17-8-6-7-9-19(17)23/h6-11,14H,4-5,12-13,15H2,1-3H3. The summed E-state index contributed by atoms with van der Waals surface area (Å²) in [5, 5.41) is 0. The Kier molecular flexibility index (Phi) is 5.93. The molecular weight excluding hydrogens is 376 g/mol. The van der Waals surface area contributed by atoms with Crippen LogP contribution in [0.4, 0.5) is 5.69 Å². The predicted octanol–water partition coefficient (Wildman–Crippen LogP) is 2.99. The number of aryl methyl sites for hydroxylation is 1. The van der Waals surface area contributed by atoms with Gasteiger partial charge in [-0.3, -0.25) is 9.10 Å². The highest BCUT2D eigenvalue weighted by Crippen LogP contribution is 2.33. The van der Waals surface area contributed by atoms with Crippen LogP contribution < -0.4 is 9.04 Å². The lowest BCUT2D eigenvalue weighted by atomic mass is 10.2. The summed E-state index contributed by atoms with van der Waals surface area (Å²) in [6, 6.07) is 12.3. The van der Waals surface area contributed by atoms with Crippen molar-refractivity contribution in [2.75, 3.05) is 30.5 Å². The molecule has 0 bridgehead atoms. The van der Waals surface area contributed by atoms with Crippen molar-refractivity contribution in [3.63, 3.8) is 0 Å². The van der Waals surface area contributed by atoms with Crippen LogP contribution in [0.5, 0.6) is 5.75 Å². The second kappa shape index (κ2) is 8.22. The molecule has 1 heterocycles. The van der Waals surface area contributed by atoms with Gasteiger partial charge in [0.2, 0.25) is 0 Å². The van der Waals surface area contributed by atoms with Gasteiger partial charge in [-0.15, -0.1) is 0 Å². The topological polar surface area (TPSA) is 66.9 Å². The summed E-state index contributed by atoms with van der Waals surface area (Å²) in [4.78, 5) is 14.0. The van der Waals surface area contributed by atoms with Crippen molar-refractivity contribution in [3.05, 3.63) is 53.6 Å². The molecule has 2 aromatic rings. The number of fused-ring (bicyclic) bond motifs is 1. The fraction of sp³-hybridized carbons (Fsp3) is 0.381. The van der Waals surface area contributed by atoms with E-state index in [1.54, 1.807) is 30.0 Å². The van der Waals surface area contributed by atoms with Crippen LogP contribution in [0.2, 0.25) is 0 Å². The van der Waals surface area contributed by atoms with Crippen LogP contribution in [0.1, 0.15) is 25.0 Å². The van der Waals surface area contributed by atoms with Gasteiger partial charge in [0.15, 0.2) is 6.61 Å². The zero-order valence-electron chi connectivity index (χ0n) is 16.5. The van der Waals surface area contributed by atoms with E-state index in [0.717, 1.165) is 11.3 Å². The van der Waals surface area contributed by atoms with Gasteiger partial charge in [0, 0.05) is 19.6 Å². The number of anilines is 1. The molecule has 7 heteroatoms. The van der Waals surface area contributed by atoms with E-state index in [4.69, 9.17) is 4.74 Å². The molecule has 1 aliphatic rings. The Morgan fingerprint density at radius 1 is 1.14 bits per heavy atom. The number of nitrogens with zero attached hydrogens (tertiary/aromatic N) is 2. The third-order valence-corrected chi connectivity index (χ3v) is 6.86. The Morgan fingerprint density at radius 3 is 2.54 bits per heavy atom. The first-order valence-corrected chi connectivity index (χ1v) is 10.9. The minimum Gasteiger partial charge on any atom is -0.483 e. The molecule has 0 atom stereocenters. The summed E-state index contributed by atoms with van der Waals surface area (Å²) in [5.41, 5.74) is 2.46. The van der Waals surface area contributed by atoms with Crippen LogP contribution in [-0.2, 0) is 21.2 Å². The van der Waals surface area contributed by atoms with Crippen molar-refractivity contribution in [2.24, 2.45) is 0 Å². The monoisotopic (exact) mass is 402 g/mol.